The fourth-order valence-corrected chi connectivity index (χ4v) is 2.68. The molecular formula is C17H15ClN2O3. The maximum Gasteiger partial charge on any atom is 0.420 e. The number of para-hydroxylation sites is 1. The molecule has 0 unspecified atom stereocenters. The first-order chi connectivity index (χ1) is 11.1. The van der Waals surface area contributed by atoms with E-state index in [4.69, 9.17) is 16.0 Å². The van der Waals surface area contributed by atoms with E-state index in [2.05, 4.69) is 0 Å². The van der Waals surface area contributed by atoms with Crippen LogP contribution in [0.5, 0.6) is 0 Å². The molecule has 2 aromatic carbocycles. The second kappa shape index (κ2) is 6.30. The molecule has 118 valence electrons. The van der Waals surface area contributed by atoms with Crippen molar-refractivity contribution in [3.63, 3.8) is 0 Å². The van der Waals surface area contributed by atoms with E-state index in [-0.39, 0.29) is 12.5 Å². The van der Waals surface area contributed by atoms with Crippen molar-refractivity contribution < 1.29 is 9.21 Å². The number of nitrogens with zero attached hydrogens (tertiary/aromatic N) is 2. The molecule has 0 N–H and O–H groups in total. The van der Waals surface area contributed by atoms with Crippen LogP contribution in [-0.4, -0.2) is 17.0 Å². The zero-order valence-corrected chi connectivity index (χ0v) is 13.3. The number of benzene rings is 2. The van der Waals surface area contributed by atoms with Crippen LogP contribution in [0.1, 0.15) is 6.92 Å². The summed E-state index contributed by atoms with van der Waals surface area (Å²) in [7, 11) is 0. The van der Waals surface area contributed by atoms with Crippen molar-refractivity contribution in [2.75, 3.05) is 11.4 Å². The molecule has 0 bridgehead atoms. The minimum Gasteiger partial charge on any atom is -0.408 e. The van der Waals surface area contributed by atoms with Gasteiger partial charge in [0.1, 0.15) is 6.54 Å². The predicted octanol–water partition coefficient (Wildman–Crippen LogP) is 3.30. The van der Waals surface area contributed by atoms with Crippen LogP contribution in [0, 0.1) is 0 Å². The molecule has 3 aromatic rings. The van der Waals surface area contributed by atoms with Gasteiger partial charge in [-0.1, -0.05) is 29.8 Å². The monoisotopic (exact) mass is 330 g/mol. The molecule has 5 nitrogen and oxygen atoms in total. The van der Waals surface area contributed by atoms with Crippen LogP contribution in [0.4, 0.5) is 5.69 Å². The first-order valence-electron chi connectivity index (χ1n) is 7.24. The van der Waals surface area contributed by atoms with Gasteiger partial charge in [-0.2, -0.15) is 0 Å². The highest BCUT2D eigenvalue weighted by molar-refractivity contribution is 6.31. The van der Waals surface area contributed by atoms with Gasteiger partial charge in [0.15, 0.2) is 5.58 Å². The second-order valence-electron chi connectivity index (χ2n) is 5.04. The number of halogens is 1. The number of anilines is 1. The van der Waals surface area contributed by atoms with Gasteiger partial charge in [-0.3, -0.25) is 9.36 Å². The van der Waals surface area contributed by atoms with Crippen molar-refractivity contribution in [2.45, 2.75) is 13.5 Å². The number of fused-ring (bicyclic) bond motifs is 1. The summed E-state index contributed by atoms with van der Waals surface area (Å²) in [4.78, 5) is 26.2. The van der Waals surface area contributed by atoms with Crippen LogP contribution >= 0.6 is 11.6 Å². The van der Waals surface area contributed by atoms with E-state index in [1.165, 1.54) is 4.57 Å². The standard InChI is InChI=1S/C17H15ClN2O3/c1-2-19(13-6-4-3-5-7-13)16(21)11-20-14-9-8-12(18)10-15(14)23-17(20)22/h3-10H,2,11H2,1H3. The van der Waals surface area contributed by atoms with Crippen LogP contribution in [0.25, 0.3) is 11.1 Å². The summed E-state index contributed by atoms with van der Waals surface area (Å²) in [6, 6.07) is 14.2. The molecule has 0 atom stereocenters. The number of hydrogen-bond donors (Lipinski definition) is 0. The number of amides is 1. The summed E-state index contributed by atoms with van der Waals surface area (Å²) < 4.78 is 6.47. The minimum absolute atomic E-state index is 0.0871. The van der Waals surface area contributed by atoms with Crippen molar-refractivity contribution in [1.82, 2.24) is 4.57 Å². The van der Waals surface area contributed by atoms with E-state index >= 15 is 0 Å². The number of aromatic nitrogens is 1. The summed E-state index contributed by atoms with van der Waals surface area (Å²) in [6.45, 7) is 2.32. The Balaban J connectivity index is 1.94. The molecular weight excluding hydrogens is 316 g/mol. The molecule has 0 spiro atoms. The Labute approximate surface area is 137 Å². The van der Waals surface area contributed by atoms with Crippen molar-refractivity contribution >= 4 is 34.3 Å². The summed E-state index contributed by atoms with van der Waals surface area (Å²) in [6.07, 6.45) is 0. The van der Waals surface area contributed by atoms with Gasteiger partial charge in [0, 0.05) is 23.3 Å². The van der Waals surface area contributed by atoms with Gasteiger partial charge in [-0.25, -0.2) is 4.79 Å². The third-order valence-electron chi connectivity index (χ3n) is 3.61. The first-order valence-corrected chi connectivity index (χ1v) is 7.62. The zero-order chi connectivity index (χ0) is 16.4. The predicted molar refractivity (Wildman–Crippen MR) is 90.0 cm³/mol. The van der Waals surface area contributed by atoms with Crippen molar-refractivity contribution in [2.24, 2.45) is 0 Å². The fourth-order valence-electron chi connectivity index (χ4n) is 2.52. The Morgan fingerprint density at radius 1 is 1.22 bits per heavy atom. The molecule has 0 aliphatic carbocycles. The van der Waals surface area contributed by atoms with Gasteiger partial charge in [0.25, 0.3) is 0 Å². The van der Waals surface area contributed by atoms with Gasteiger partial charge in [-0.15, -0.1) is 0 Å². The van der Waals surface area contributed by atoms with Crippen LogP contribution in [0.2, 0.25) is 5.02 Å². The number of rotatable bonds is 4. The third kappa shape index (κ3) is 3.00. The average molecular weight is 331 g/mol. The topological polar surface area (TPSA) is 55.5 Å². The third-order valence-corrected chi connectivity index (χ3v) is 3.84. The lowest BCUT2D eigenvalue weighted by molar-refractivity contribution is -0.119. The number of oxazole rings is 1. The van der Waals surface area contributed by atoms with E-state index in [0.717, 1.165) is 5.69 Å². The normalized spacial score (nSPS) is 10.9. The van der Waals surface area contributed by atoms with Crippen molar-refractivity contribution in [3.8, 4) is 0 Å². The largest absolute Gasteiger partial charge is 0.420 e. The second-order valence-corrected chi connectivity index (χ2v) is 5.48. The fraction of sp³-hybridized carbons (Fsp3) is 0.176. The van der Waals surface area contributed by atoms with Gasteiger partial charge in [-0.05, 0) is 31.2 Å². The number of hydrogen-bond acceptors (Lipinski definition) is 3. The highest BCUT2D eigenvalue weighted by Gasteiger charge is 2.18. The summed E-state index contributed by atoms with van der Waals surface area (Å²) in [5, 5.41) is 0.476. The van der Waals surface area contributed by atoms with E-state index in [1.54, 1.807) is 23.1 Å². The Hall–Kier alpha value is -2.53. The highest BCUT2D eigenvalue weighted by atomic mass is 35.5. The molecule has 0 saturated carbocycles. The Morgan fingerprint density at radius 2 is 1.96 bits per heavy atom. The minimum atomic E-state index is -0.570. The SMILES string of the molecule is CCN(C(=O)Cn1c(=O)oc2cc(Cl)ccc21)c1ccccc1. The summed E-state index contributed by atoms with van der Waals surface area (Å²) in [5.41, 5.74) is 1.72. The van der Waals surface area contributed by atoms with Crippen LogP contribution in [-0.2, 0) is 11.3 Å². The highest BCUT2D eigenvalue weighted by Crippen LogP contribution is 2.19. The van der Waals surface area contributed by atoms with Gasteiger partial charge < -0.3 is 9.32 Å². The number of carbonyl (C=O) groups excluding carboxylic acids is 1. The molecule has 0 saturated heterocycles. The smallest absolute Gasteiger partial charge is 0.408 e. The van der Waals surface area contributed by atoms with E-state index in [0.29, 0.717) is 22.7 Å². The molecule has 0 radical (unpaired) electrons. The van der Waals surface area contributed by atoms with E-state index in [9.17, 15) is 9.59 Å². The van der Waals surface area contributed by atoms with Crippen LogP contribution in [0.3, 0.4) is 0 Å². The van der Waals surface area contributed by atoms with Crippen molar-refractivity contribution in [1.29, 1.82) is 0 Å². The summed E-state index contributed by atoms with van der Waals surface area (Å²) in [5.74, 6) is -0.752. The zero-order valence-electron chi connectivity index (χ0n) is 12.5. The van der Waals surface area contributed by atoms with Crippen molar-refractivity contribution in [3.05, 3.63) is 64.1 Å². The van der Waals surface area contributed by atoms with Gasteiger partial charge >= 0.3 is 5.76 Å². The molecule has 0 aliphatic rings. The summed E-state index contributed by atoms with van der Waals surface area (Å²) >= 11 is 5.89. The molecule has 3 rings (SSSR count). The molecule has 6 heteroatoms. The lowest BCUT2D eigenvalue weighted by Gasteiger charge is -2.21. The maximum absolute atomic E-state index is 12.6. The Morgan fingerprint density at radius 3 is 2.65 bits per heavy atom. The Kier molecular flexibility index (Phi) is 4.21. The van der Waals surface area contributed by atoms with E-state index < -0.39 is 5.76 Å². The van der Waals surface area contributed by atoms with Crippen LogP contribution < -0.4 is 10.7 Å². The first kappa shape index (κ1) is 15.4. The average Bonchev–Trinajstić information content (AvgIpc) is 2.84. The molecule has 1 aromatic heterocycles. The lowest BCUT2D eigenvalue weighted by Crippen LogP contribution is -2.35. The van der Waals surface area contributed by atoms with Gasteiger partial charge in [0.2, 0.25) is 5.91 Å². The molecule has 0 aliphatic heterocycles. The molecule has 23 heavy (non-hydrogen) atoms. The number of likely N-dealkylation sites (N-methyl/N-ethyl adjacent to an activating group) is 1. The lowest BCUT2D eigenvalue weighted by atomic mass is 10.2. The maximum atomic E-state index is 12.6. The quantitative estimate of drug-likeness (QED) is 0.737. The Bertz CT molecular complexity index is 899. The molecule has 1 heterocycles. The van der Waals surface area contributed by atoms with Crippen LogP contribution in [0.15, 0.2) is 57.7 Å². The van der Waals surface area contributed by atoms with Gasteiger partial charge in [0.05, 0.1) is 5.52 Å². The number of carbonyl (C=O) groups is 1. The van der Waals surface area contributed by atoms with E-state index in [1.807, 2.05) is 37.3 Å². The molecule has 0 fully saturated rings. The molecule has 1 amide bonds.